The summed E-state index contributed by atoms with van der Waals surface area (Å²) in [4.78, 5) is 43.5. The normalized spacial score (nSPS) is 24.5. The molecule has 42 heavy (non-hydrogen) atoms. The van der Waals surface area contributed by atoms with E-state index in [0.29, 0.717) is 63.7 Å². The minimum atomic E-state index is -0.698. The maximum Gasteiger partial charge on any atom is 0.254 e. The van der Waals surface area contributed by atoms with Crippen molar-refractivity contribution >= 4 is 17.7 Å². The number of hydrogen-bond acceptors (Lipinski definition) is 7. The first-order valence-corrected chi connectivity index (χ1v) is 14.4. The summed E-state index contributed by atoms with van der Waals surface area (Å²) in [5.74, 6) is -0.431. The van der Waals surface area contributed by atoms with Gasteiger partial charge in [-0.25, -0.2) is 4.39 Å². The van der Waals surface area contributed by atoms with Crippen LogP contribution in [-0.2, 0) is 14.3 Å². The average Bonchev–Trinajstić information content (AvgIpc) is 3.41. The van der Waals surface area contributed by atoms with Crippen LogP contribution in [0.4, 0.5) is 4.39 Å². The van der Waals surface area contributed by atoms with Gasteiger partial charge in [0.05, 0.1) is 31.4 Å². The molecule has 1 spiro atoms. The zero-order valence-corrected chi connectivity index (χ0v) is 23.3. The molecule has 2 aromatic carbocycles. The summed E-state index contributed by atoms with van der Waals surface area (Å²) in [7, 11) is 0. The van der Waals surface area contributed by atoms with Crippen LogP contribution >= 0.6 is 0 Å². The summed E-state index contributed by atoms with van der Waals surface area (Å²) in [6, 6.07) is 11.1. The van der Waals surface area contributed by atoms with E-state index in [1.807, 2.05) is 29.2 Å². The molecule has 5 aliphatic rings. The van der Waals surface area contributed by atoms with E-state index in [0.717, 1.165) is 17.7 Å². The minimum absolute atomic E-state index is 0.000447. The van der Waals surface area contributed by atoms with Gasteiger partial charge in [-0.1, -0.05) is 12.1 Å². The van der Waals surface area contributed by atoms with Crippen LogP contribution in [0.3, 0.4) is 0 Å². The molecule has 7 rings (SSSR count). The zero-order valence-electron chi connectivity index (χ0n) is 23.3. The van der Waals surface area contributed by atoms with E-state index < -0.39 is 17.1 Å². The molecule has 0 saturated carbocycles. The molecule has 2 aromatic rings. The lowest BCUT2D eigenvalue weighted by Crippen LogP contribution is -2.50. The maximum absolute atomic E-state index is 14.1. The third kappa shape index (κ3) is 5.39. The predicted octanol–water partition coefficient (Wildman–Crippen LogP) is 2.47. The van der Waals surface area contributed by atoms with E-state index in [1.54, 1.807) is 0 Å². The molecule has 10 nitrogen and oxygen atoms in total. The minimum Gasteiger partial charge on any atom is -0.490 e. The Morgan fingerprint density at radius 2 is 1.93 bits per heavy atom. The SMILES string of the molecule is N#Cc1cc(F)cc(C(=O)N2CCCOc3cccc4c3OC[C@@]3(CNC(=O)C2)CN(C(=O)C2CCOCC2)C[C@@H]43)c1. The van der Waals surface area contributed by atoms with Gasteiger partial charge in [-0.15, -0.1) is 0 Å². The highest BCUT2D eigenvalue weighted by Crippen LogP contribution is 2.52. The van der Waals surface area contributed by atoms with Gasteiger partial charge in [0, 0.05) is 67.8 Å². The number of likely N-dealkylation sites (tertiary alicyclic amines) is 1. The quantitative estimate of drug-likeness (QED) is 0.583. The van der Waals surface area contributed by atoms with E-state index in [-0.39, 0.29) is 61.0 Å². The zero-order chi connectivity index (χ0) is 29.3. The number of para-hydroxylation sites is 1. The van der Waals surface area contributed by atoms with E-state index in [4.69, 9.17) is 14.2 Å². The topological polar surface area (TPSA) is 121 Å². The van der Waals surface area contributed by atoms with Gasteiger partial charge < -0.3 is 29.3 Å². The molecule has 0 aliphatic carbocycles. The van der Waals surface area contributed by atoms with Gasteiger partial charge >= 0.3 is 0 Å². The smallest absolute Gasteiger partial charge is 0.254 e. The van der Waals surface area contributed by atoms with Crippen molar-refractivity contribution in [2.45, 2.75) is 25.2 Å². The summed E-state index contributed by atoms with van der Waals surface area (Å²) < 4.78 is 32.0. The lowest BCUT2D eigenvalue weighted by molar-refractivity contribution is -0.137. The fourth-order valence-corrected chi connectivity index (χ4v) is 6.59. The first kappa shape index (κ1) is 28.0. The molecule has 11 heteroatoms. The first-order chi connectivity index (χ1) is 20.4. The molecule has 220 valence electrons. The number of nitriles is 1. The lowest BCUT2D eigenvalue weighted by Gasteiger charge is -2.40. The second-order valence-electron chi connectivity index (χ2n) is 11.5. The maximum atomic E-state index is 14.1. The molecule has 4 bridgehead atoms. The monoisotopic (exact) mass is 576 g/mol. The molecule has 1 N–H and O–H groups in total. The van der Waals surface area contributed by atoms with E-state index in [9.17, 15) is 24.0 Å². The van der Waals surface area contributed by atoms with Crippen LogP contribution in [0.2, 0.25) is 0 Å². The largest absolute Gasteiger partial charge is 0.490 e. The Morgan fingerprint density at radius 3 is 2.74 bits per heavy atom. The van der Waals surface area contributed by atoms with Crippen LogP contribution in [0, 0.1) is 28.5 Å². The highest BCUT2D eigenvalue weighted by atomic mass is 19.1. The summed E-state index contributed by atoms with van der Waals surface area (Å²) in [5.41, 5.74) is 0.423. The molecular formula is C31H33FN4O6. The molecule has 0 aromatic heterocycles. The van der Waals surface area contributed by atoms with Gasteiger partial charge in [0.15, 0.2) is 11.5 Å². The molecule has 5 aliphatic heterocycles. The Bertz CT molecular complexity index is 1440. The van der Waals surface area contributed by atoms with Crippen LogP contribution < -0.4 is 14.8 Å². The van der Waals surface area contributed by atoms with Crippen LogP contribution in [0.15, 0.2) is 36.4 Å². The van der Waals surface area contributed by atoms with Gasteiger partial charge in [-0.2, -0.15) is 5.26 Å². The number of hydrogen-bond donors (Lipinski definition) is 1. The van der Waals surface area contributed by atoms with Gasteiger partial charge in [0.25, 0.3) is 5.91 Å². The molecule has 0 unspecified atom stereocenters. The van der Waals surface area contributed by atoms with E-state index in [1.165, 1.54) is 11.0 Å². The molecule has 5 heterocycles. The highest BCUT2D eigenvalue weighted by Gasteiger charge is 2.53. The van der Waals surface area contributed by atoms with Crippen LogP contribution in [0.25, 0.3) is 0 Å². The van der Waals surface area contributed by atoms with Crippen molar-refractivity contribution in [3.63, 3.8) is 0 Å². The summed E-state index contributed by atoms with van der Waals surface area (Å²) >= 11 is 0. The number of carbonyl (C=O) groups is 3. The average molecular weight is 577 g/mol. The fraction of sp³-hybridized carbons (Fsp3) is 0.484. The second-order valence-corrected chi connectivity index (χ2v) is 11.5. The lowest BCUT2D eigenvalue weighted by atomic mass is 9.73. The summed E-state index contributed by atoms with van der Waals surface area (Å²) in [6.45, 7) is 2.82. The Kier molecular flexibility index (Phi) is 7.73. The number of ether oxygens (including phenoxy) is 3. The Balaban J connectivity index is 1.28. The molecule has 2 saturated heterocycles. The third-order valence-corrected chi connectivity index (χ3v) is 8.78. The number of halogens is 1. The number of carbonyl (C=O) groups excluding carboxylic acids is 3. The summed E-state index contributed by atoms with van der Waals surface area (Å²) in [5, 5.41) is 12.2. The number of fused-ring (bicyclic) bond motifs is 9. The number of rotatable bonds is 2. The van der Waals surface area contributed by atoms with Crippen LogP contribution in [0.5, 0.6) is 11.5 Å². The van der Waals surface area contributed by atoms with Gasteiger partial charge in [0.1, 0.15) is 5.82 Å². The third-order valence-electron chi connectivity index (χ3n) is 8.78. The van der Waals surface area contributed by atoms with Crippen molar-refractivity contribution in [1.29, 1.82) is 5.26 Å². The van der Waals surface area contributed by atoms with Crippen molar-refractivity contribution in [2.24, 2.45) is 11.3 Å². The highest BCUT2D eigenvalue weighted by molar-refractivity contribution is 5.96. The van der Waals surface area contributed by atoms with Gasteiger partial charge in [-0.3, -0.25) is 14.4 Å². The number of benzene rings is 2. The van der Waals surface area contributed by atoms with Gasteiger partial charge in [-0.05, 0) is 43.5 Å². The Hall–Kier alpha value is -4.17. The van der Waals surface area contributed by atoms with E-state index in [2.05, 4.69) is 5.32 Å². The standard InChI is InChI=1S/C31H33FN4O6/c32-23-12-20(14-33)11-22(13-23)30(39)35-7-2-8-41-26-4-1-3-24-25-15-36(29(38)21-5-9-40-10-6-21)18-31(25,19-42-28(24)26)17-34-27(37)16-35/h1,3-4,11-13,21,25H,2,5-10,15-19H2,(H,34,37)/t25-,31+/m0/s1. The Labute approximate surface area is 243 Å². The molecule has 0 radical (unpaired) electrons. The molecule has 2 atom stereocenters. The van der Waals surface area contributed by atoms with Crippen molar-refractivity contribution in [1.82, 2.24) is 15.1 Å². The van der Waals surface area contributed by atoms with Crippen molar-refractivity contribution in [3.05, 3.63) is 58.9 Å². The Morgan fingerprint density at radius 1 is 1.10 bits per heavy atom. The fourth-order valence-electron chi connectivity index (χ4n) is 6.59. The van der Waals surface area contributed by atoms with Crippen molar-refractivity contribution in [3.8, 4) is 17.6 Å². The van der Waals surface area contributed by atoms with Gasteiger partial charge in [0.2, 0.25) is 11.8 Å². The predicted molar refractivity (Wildman–Crippen MR) is 147 cm³/mol. The van der Waals surface area contributed by atoms with Crippen molar-refractivity contribution < 1.29 is 33.0 Å². The van der Waals surface area contributed by atoms with Crippen LogP contribution in [-0.4, -0.2) is 86.7 Å². The van der Waals surface area contributed by atoms with Crippen molar-refractivity contribution in [2.75, 3.05) is 59.2 Å². The second kappa shape index (κ2) is 11.6. The molecule has 3 amide bonds. The van der Waals surface area contributed by atoms with E-state index >= 15 is 0 Å². The number of nitrogens with one attached hydrogen (secondary N) is 1. The molecular weight excluding hydrogens is 543 g/mol. The van der Waals surface area contributed by atoms with Crippen LogP contribution in [0.1, 0.15) is 46.7 Å². The number of nitrogens with zero attached hydrogens (tertiary/aromatic N) is 3. The summed E-state index contributed by atoms with van der Waals surface area (Å²) in [6.07, 6.45) is 1.80. The molecule has 2 fully saturated rings. The first-order valence-electron chi connectivity index (χ1n) is 14.4. The number of amides is 3.